The number of thioether (sulfide) groups is 2. The highest BCUT2D eigenvalue weighted by atomic mass is 32.2. The third-order valence-corrected chi connectivity index (χ3v) is 5.22. The summed E-state index contributed by atoms with van der Waals surface area (Å²) >= 11 is 1.54. The molecule has 102 valence electrons. The topological polar surface area (TPSA) is 83.6 Å². The molecule has 0 aromatic heterocycles. The van der Waals surface area contributed by atoms with Gasteiger partial charge in [-0.2, -0.15) is 0 Å². The molecule has 1 N–H and O–H groups in total. The van der Waals surface area contributed by atoms with E-state index in [1.165, 1.54) is 0 Å². The number of para-hydroxylation sites is 1. The predicted molar refractivity (Wildman–Crippen MR) is 75.6 cm³/mol. The fourth-order valence-electron chi connectivity index (χ4n) is 2.00. The van der Waals surface area contributed by atoms with Crippen molar-refractivity contribution in [1.82, 2.24) is 5.32 Å². The molecule has 20 heavy (non-hydrogen) atoms. The Bertz CT molecular complexity index is 619. The monoisotopic (exact) mass is 308 g/mol. The third kappa shape index (κ3) is 2.10. The van der Waals surface area contributed by atoms with Crippen LogP contribution in [-0.4, -0.2) is 32.8 Å². The molecule has 0 spiro atoms. The Labute approximate surface area is 122 Å². The van der Waals surface area contributed by atoms with Gasteiger partial charge < -0.3 is 0 Å². The molecule has 2 heterocycles. The number of anilines is 1. The van der Waals surface area contributed by atoms with Crippen LogP contribution in [0.15, 0.2) is 30.3 Å². The van der Waals surface area contributed by atoms with Crippen LogP contribution in [0.25, 0.3) is 0 Å². The molecule has 8 heteroatoms. The number of amides is 4. The zero-order chi connectivity index (χ0) is 14.3. The molecule has 3 rings (SSSR count). The maximum Gasteiger partial charge on any atom is 0.293 e. The lowest BCUT2D eigenvalue weighted by Crippen LogP contribution is -2.39. The van der Waals surface area contributed by atoms with Crippen LogP contribution in [0, 0.1) is 0 Å². The zero-order valence-electron chi connectivity index (χ0n) is 9.94. The number of rotatable bonds is 2. The second-order valence-corrected chi connectivity index (χ2v) is 6.34. The molecular formula is C12H8N2O4S2. The van der Waals surface area contributed by atoms with E-state index in [2.05, 4.69) is 5.32 Å². The Balaban J connectivity index is 1.88. The van der Waals surface area contributed by atoms with Gasteiger partial charge in [-0.05, 0) is 35.7 Å². The Morgan fingerprint density at radius 1 is 0.950 bits per heavy atom. The maximum atomic E-state index is 12.3. The molecule has 2 atom stereocenters. The quantitative estimate of drug-likeness (QED) is 0.893. The van der Waals surface area contributed by atoms with Crippen LogP contribution >= 0.6 is 23.5 Å². The molecule has 0 aliphatic carbocycles. The van der Waals surface area contributed by atoms with Crippen molar-refractivity contribution in [3.05, 3.63) is 30.3 Å². The van der Waals surface area contributed by atoms with Crippen molar-refractivity contribution in [1.29, 1.82) is 0 Å². The number of nitrogens with zero attached hydrogens (tertiary/aromatic N) is 1. The van der Waals surface area contributed by atoms with Crippen molar-refractivity contribution in [3.63, 3.8) is 0 Å². The van der Waals surface area contributed by atoms with Gasteiger partial charge in [-0.25, -0.2) is 4.90 Å². The van der Waals surface area contributed by atoms with Gasteiger partial charge in [0.25, 0.3) is 10.5 Å². The molecule has 1 aromatic rings. The van der Waals surface area contributed by atoms with E-state index < -0.39 is 32.8 Å². The number of benzene rings is 1. The van der Waals surface area contributed by atoms with Crippen LogP contribution in [0.5, 0.6) is 0 Å². The van der Waals surface area contributed by atoms with E-state index in [1.807, 2.05) is 0 Å². The molecule has 2 fully saturated rings. The van der Waals surface area contributed by atoms with Crippen LogP contribution < -0.4 is 10.2 Å². The minimum absolute atomic E-state index is 0.432. The van der Waals surface area contributed by atoms with E-state index in [0.717, 1.165) is 28.4 Å². The van der Waals surface area contributed by atoms with E-state index in [9.17, 15) is 19.2 Å². The van der Waals surface area contributed by atoms with Crippen molar-refractivity contribution in [2.75, 3.05) is 4.90 Å². The first-order valence-electron chi connectivity index (χ1n) is 5.69. The molecule has 1 aromatic carbocycles. The van der Waals surface area contributed by atoms with E-state index in [1.54, 1.807) is 30.3 Å². The molecule has 2 aliphatic heterocycles. The molecular weight excluding hydrogens is 300 g/mol. The molecule has 2 saturated heterocycles. The van der Waals surface area contributed by atoms with Crippen molar-refractivity contribution in [3.8, 4) is 0 Å². The Kier molecular flexibility index (Phi) is 3.27. The molecule has 0 radical (unpaired) electrons. The summed E-state index contributed by atoms with van der Waals surface area (Å²) in [5, 5.41) is -0.506. The molecule has 0 bridgehead atoms. The predicted octanol–water partition coefficient (Wildman–Crippen LogP) is 1.61. The van der Waals surface area contributed by atoms with Crippen LogP contribution in [0.4, 0.5) is 15.3 Å². The van der Waals surface area contributed by atoms with Gasteiger partial charge in [0.2, 0.25) is 11.8 Å². The van der Waals surface area contributed by atoms with Crippen molar-refractivity contribution < 1.29 is 19.2 Å². The fourth-order valence-corrected chi connectivity index (χ4v) is 4.10. The number of carbonyl (C=O) groups is 4. The largest absolute Gasteiger partial charge is 0.293 e. The summed E-state index contributed by atoms with van der Waals surface area (Å²) in [6.07, 6.45) is 0. The van der Waals surface area contributed by atoms with Gasteiger partial charge >= 0.3 is 0 Å². The highest BCUT2D eigenvalue weighted by Gasteiger charge is 2.50. The van der Waals surface area contributed by atoms with Crippen LogP contribution in [0.2, 0.25) is 0 Å². The Hall–Kier alpha value is -1.80. The van der Waals surface area contributed by atoms with Gasteiger partial charge in [0.1, 0.15) is 10.5 Å². The van der Waals surface area contributed by atoms with Gasteiger partial charge in [-0.15, -0.1) is 0 Å². The minimum Gasteiger partial charge on any atom is -0.286 e. The molecule has 0 unspecified atom stereocenters. The van der Waals surface area contributed by atoms with Gasteiger partial charge in [-0.1, -0.05) is 18.2 Å². The van der Waals surface area contributed by atoms with Crippen LogP contribution in [0.3, 0.4) is 0 Å². The van der Waals surface area contributed by atoms with E-state index in [4.69, 9.17) is 0 Å². The number of carbonyl (C=O) groups excluding carboxylic acids is 4. The Morgan fingerprint density at radius 3 is 2.25 bits per heavy atom. The van der Waals surface area contributed by atoms with Crippen molar-refractivity contribution in [2.24, 2.45) is 0 Å². The summed E-state index contributed by atoms with van der Waals surface area (Å²) in [5.41, 5.74) is 0.465. The van der Waals surface area contributed by atoms with Gasteiger partial charge in [0, 0.05) is 0 Å². The lowest BCUT2D eigenvalue weighted by atomic mass is 10.2. The zero-order valence-corrected chi connectivity index (χ0v) is 11.6. The van der Waals surface area contributed by atoms with Crippen molar-refractivity contribution in [2.45, 2.75) is 10.5 Å². The first-order valence-corrected chi connectivity index (χ1v) is 7.45. The highest BCUT2D eigenvalue weighted by molar-refractivity contribution is 8.19. The summed E-state index contributed by atoms with van der Waals surface area (Å²) < 4.78 is 0. The van der Waals surface area contributed by atoms with Crippen molar-refractivity contribution >= 4 is 51.5 Å². The Morgan fingerprint density at radius 2 is 1.65 bits per heavy atom. The first-order chi connectivity index (χ1) is 9.58. The molecule has 2 aliphatic rings. The second kappa shape index (κ2) is 4.95. The van der Waals surface area contributed by atoms with Gasteiger partial charge in [-0.3, -0.25) is 24.5 Å². The summed E-state index contributed by atoms with van der Waals surface area (Å²) in [6.45, 7) is 0. The van der Waals surface area contributed by atoms with Gasteiger partial charge in [0.05, 0.1) is 5.69 Å². The average Bonchev–Trinajstić information content (AvgIpc) is 2.90. The highest BCUT2D eigenvalue weighted by Crippen LogP contribution is 2.38. The average molecular weight is 308 g/mol. The number of hydrogen-bond donors (Lipinski definition) is 1. The SMILES string of the molecule is O=C1NC(=O)[C@@H]([C@@H]2SC(=O)N(c3ccccc3)C2=O)S1. The lowest BCUT2D eigenvalue weighted by molar-refractivity contribution is -0.122. The molecule has 0 saturated carbocycles. The lowest BCUT2D eigenvalue weighted by Gasteiger charge is -2.14. The fraction of sp³-hybridized carbons (Fsp3) is 0.167. The normalized spacial score (nSPS) is 26.3. The van der Waals surface area contributed by atoms with Gasteiger partial charge in [0.15, 0.2) is 0 Å². The van der Waals surface area contributed by atoms with Crippen LogP contribution in [0.1, 0.15) is 0 Å². The standard InChI is InChI=1S/C12H8N2O4S2/c15-9-7(19-11(17)13-9)8-10(16)14(12(18)20-8)6-4-2-1-3-5-6/h1-5,7-8H,(H,13,15,17)/t7-,8+/m1/s1. The summed E-state index contributed by atoms with van der Waals surface area (Å²) in [5.74, 6) is -0.984. The van der Waals surface area contributed by atoms with E-state index in [-0.39, 0.29) is 0 Å². The molecule has 6 nitrogen and oxygen atoms in total. The number of imide groups is 2. The summed E-state index contributed by atoms with van der Waals surface area (Å²) in [4.78, 5) is 48.2. The number of nitrogens with one attached hydrogen (secondary N) is 1. The summed E-state index contributed by atoms with van der Waals surface area (Å²) in [7, 11) is 0. The third-order valence-electron chi connectivity index (χ3n) is 2.88. The van der Waals surface area contributed by atoms with Crippen LogP contribution in [-0.2, 0) is 9.59 Å². The first kappa shape index (κ1) is 13.2. The minimum atomic E-state index is -0.862. The summed E-state index contributed by atoms with van der Waals surface area (Å²) in [6, 6.07) is 8.50. The maximum absolute atomic E-state index is 12.3. The smallest absolute Gasteiger partial charge is 0.286 e. The van der Waals surface area contributed by atoms with E-state index in [0.29, 0.717) is 5.69 Å². The van der Waals surface area contributed by atoms with E-state index >= 15 is 0 Å². The number of hydrogen-bond acceptors (Lipinski definition) is 6. The second-order valence-electron chi connectivity index (χ2n) is 4.13. The molecule has 4 amide bonds.